The van der Waals surface area contributed by atoms with Gasteiger partial charge in [-0.3, -0.25) is 4.99 Å². The first kappa shape index (κ1) is 43.5. The molecule has 2 rings (SSSR count). The van der Waals surface area contributed by atoms with Crippen LogP contribution >= 0.6 is 0 Å². The Kier molecular flexibility index (Phi) is 27.0. The van der Waals surface area contributed by atoms with Crippen molar-refractivity contribution in [3.63, 3.8) is 0 Å². The van der Waals surface area contributed by atoms with Gasteiger partial charge in [0.25, 0.3) is 0 Å². The number of hydrogen-bond donors (Lipinski definition) is 2. The van der Waals surface area contributed by atoms with Crippen LogP contribution in [0.25, 0.3) is 0 Å². The van der Waals surface area contributed by atoms with E-state index in [1.54, 1.807) is 30.5 Å². The Morgan fingerprint density at radius 2 is 0.780 bits per heavy atom. The van der Waals surface area contributed by atoms with Gasteiger partial charge in [-0.1, -0.05) is 181 Å². The van der Waals surface area contributed by atoms with Gasteiger partial charge >= 0.3 is 0 Å². The van der Waals surface area contributed by atoms with Gasteiger partial charge in [-0.05, 0) is 37.1 Å². The van der Waals surface area contributed by atoms with Crippen LogP contribution in [0, 0.1) is 0 Å². The van der Waals surface area contributed by atoms with Crippen LogP contribution in [-0.2, 0) is 0 Å². The molecule has 0 radical (unpaired) electrons. The first-order chi connectivity index (χ1) is 24.6. The van der Waals surface area contributed by atoms with Crippen LogP contribution in [0.2, 0.25) is 0 Å². The third kappa shape index (κ3) is 22.9. The normalized spacial score (nSPS) is 11.5. The molecule has 284 valence electrons. The molecule has 2 N–H and O–H groups in total. The van der Waals surface area contributed by atoms with Crippen molar-refractivity contribution >= 4 is 11.9 Å². The van der Waals surface area contributed by atoms with E-state index in [0.29, 0.717) is 36.0 Å². The number of nitrogens with zero attached hydrogens (tertiary/aromatic N) is 1. The standard InChI is InChI=1S/C45H75NO4/c1-3-5-7-9-11-13-15-17-19-21-23-25-27-29-35-49-41-32-31-40(44(47)37-41)39-46-43-34-33-42(38-45(43)48)50-36-30-28-26-24-22-20-18-16-14-12-10-8-6-4-2/h31-34,37-39,47-48H,3-30,35-36H2,1-2H3. The Bertz CT molecular complexity index is 1020. The molecule has 5 nitrogen and oxygen atoms in total. The Hall–Kier alpha value is -2.69. The number of ether oxygens (including phenoxy) is 2. The minimum Gasteiger partial charge on any atom is -0.507 e. The summed E-state index contributed by atoms with van der Waals surface area (Å²) in [6.45, 7) is 5.87. The molecule has 0 saturated heterocycles. The van der Waals surface area contributed by atoms with E-state index in [9.17, 15) is 10.2 Å². The van der Waals surface area contributed by atoms with Crippen LogP contribution in [0.5, 0.6) is 23.0 Å². The summed E-state index contributed by atoms with van der Waals surface area (Å²) >= 11 is 0. The summed E-state index contributed by atoms with van der Waals surface area (Å²) in [6.07, 6.45) is 39.0. The van der Waals surface area contributed by atoms with E-state index in [0.717, 1.165) is 12.8 Å². The van der Waals surface area contributed by atoms with Crippen molar-refractivity contribution in [1.29, 1.82) is 0 Å². The van der Waals surface area contributed by atoms with E-state index in [1.807, 2.05) is 12.1 Å². The SMILES string of the molecule is CCCCCCCCCCCCCCCCOc1ccc(C=Nc2ccc(OCCCCCCCCCCCCCCCC)cc2O)c(O)c1. The fourth-order valence-electron chi connectivity index (χ4n) is 6.54. The predicted octanol–water partition coefficient (Wildman–Crippen LogP) is 14.6. The van der Waals surface area contributed by atoms with E-state index >= 15 is 0 Å². The van der Waals surface area contributed by atoms with Crippen LogP contribution in [0.1, 0.15) is 199 Å². The molecule has 0 bridgehead atoms. The second kappa shape index (κ2) is 31.1. The van der Waals surface area contributed by atoms with Crippen LogP contribution in [0.3, 0.4) is 0 Å². The molecule has 0 atom stereocenters. The molecule has 0 aliphatic heterocycles. The lowest BCUT2D eigenvalue weighted by Gasteiger charge is -2.09. The number of rotatable bonds is 34. The monoisotopic (exact) mass is 694 g/mol. The zero-order chi connectivity index (χ0) is 35.7. The van der Waals surface area contributed by atoms with Crippen molar-refractivity contribution in [2.45, 2.75) is 194 Å². The Balaban J connectivity index is 1.50. The molecule has 0 aliphatic carbocycles. The molecular formula is C45H75NO4. The van der Waals surface area contributed by atoms with E-state index in [4.69, 9.17) is 9.47 Å². The van der Waals surface area contributed by atoms with E-state index in [2.05, 4.69) is 18.8 Å². The second-order valence-electron chi connectivity index (χ2n) is 14.5. The summed E-state index contributed by atoms with van der Waals surface area (Å²) in [5.74, 6) is 1.49. The van der Waals surface area contributed by atoms with Crippen LogP contribution in [0.15, 0.2) is 41.4 Å². The number of phenolic OH excluding ortho intramolecular Hbond substituents is 2. The summed E-state index contributed by atoms with van der Waals surface area (Å²) < 4.78 is 11.7. The fraction of sp³-hybridized carbons (Fsp3) is 0.711. The molecule has 0 aromatic heterocycles. The molecule has 0 heterocycles. The predicted molar refractivity (Wildman–Crippen MR) is 215 cm³/mol. The van der Waals surface area contributed by atoms with Crippen molar-refractivity contribution in [3.05, 3.63) is 42.0 Å². The van der Waals surface area contributed by atoms with Gasteiger partial charge in [0, 0.05) is 23.9 Å². The summed E-state index contributed by atoms with van der Waals surface area (Å²) in [5, 5.41) is 21.0. The Morgan fingerprint density at radius 3 is 1.14 bits per heavy atom. The number of aromatic hydroxyl groups is 2. The largest absolute Gasteiger partial charge is 0.507 e. The molecule has 0 spiro atoms. The maximum Gasteiger partial charge on any atom is 0.144 e. The van der Waals surface area contributed by atoms with Crippen molar-refractivity contribution in [3.8, 4) is 23.0 Å². The Morgan fingerprint density at radius 1 is 0.440 bits per heavy atom. The third-order valence-electron chi connectivity index (χ3n) is 9.82. The van der Waals surface area contributed by atoms with Gasteiger partial charge in [0.1, 0.15) is 28.7 Å². The van der Waals surface area contributed by atoms with Crippen LogP contribution in [0.4, 0.5) is 5.69 Å². The molecule has 2 aromatic rings. The fourth-order valence-corrected chi connectivity index (χ4v) is 6.54. The molecule has 0 aliphatic rings. The van der Waals surface area contributed by atoms with E-state index in [1.165, 1.54) is 167 Å². The van der Waals surface area contributed by atoms with Gasteiger partial charge < -0.3 is 19.7 Å². The maximum absolute atomic E-state index is 10.5. The molecule has 0 unspecified atom stereocenters. The van der Waals surface area contributed by atoms with E-state index < -0.39 is 0 Å². The lowest BCUT2D eigenvalue weighted by atomic mass is 10.0. The number of hydrogen-bond acceptors (Lipinski definition) is 5. The topological polar surface area (TPSA) is 71.3 Å². The minimum atomic E-state index is 0.0623. The average Bonchev–Trinajstić information content (AvgIpc) is 3.12. The van der Waals surface area contributed by atoms with Gasteiger partial charge in [-0.15, -0.1) is 0 Å². The van der Waals surface area contributed by atoms with Crippen molar-refractivity contribution in [2.24, 2.45) is 4.99 Å². The highest BCUT2D eigenvalue weighted by Gasteiger charge is 2.06. The average molecular weight is 694 g/mol. The number of benzene rings is 2. The smallest absolute Gasteiger partial charge is 0.144 e. The second-order valence-corrected chi connectivity index (χ2v) is 14.5. The zero-order valence-corrected chi connectivity index (χ0v) is 32.4. The minimum absolute atomic E-state index is 0.0623. The summed E-state index contributed by atoms with van der Waals surface area (Å²) in [4.78, 5) is 4.40. The van der Waals surface area contributed by atoms with E-state index in [-0.39, 0.29) is 11.5 Å². The van der Waals surface area contributed by atoms with Crippen molar-refractivity contribution in [2.75, 3.05) is 13.2 Å². The van der Waals surface area contributed by atoms with Crippen molar-refractivity contribution in [1.82, 2.24) is 0 Å². The van der Waals surface area contributed by atoms with Gasteiger partial charge in [-0.2, -0.15) is 0 Å². The maximum atomic E-state index is 10.5. The molecule has 0 saturated carbocycles. The molecule has 50 heavy (non-hydrogen) atoms. The van der Waals surface area contributed by atoms with Gasteiger partial charge in [-0.25, -0.2) is 0 Å². The van der Waals surface area contributed by atoms with Crippen LogP contribution in [-0.4, -0.2) is 29.6 Å². The van der Waals surface area contributed by atoms with Gasteiger partial charge in [0.05, 0.1) is 13.2 Å². The Labute approximate surface area is 307 Å². The third-order valence-corrected chi connectivity index (χ3v) is 9.82. The van der Waals surface area contributed by atoms with Gasteiger partial charge in [0.15, 0.2) is 0 Å². The summed E-state index contributed by atoms with van der Waals surface area (Å²) in [5.41, 5.74) is 1.01. The quantitative estimate of drug-likeness (QED) is 0.0565. The molecular weight excluding hydrogens is 618 g/mol. The summed E-state index contributed by atoms with van der Waals surface area (Å²) in [6, 6.07) is 10.5. The highest BCUT2D eigenvalue weighted by molar-refractivity contribution is 5.86. The highest BCUT2D eigenvalue weighted by Crippen LogP contribution is 2.31. The first-order valence-electron chi connectivity index (χ1n) is 21.1. The lowest BCUT2D eigenvalue weighted by Crippen LogP contribution is -1.97. The highest BCUT2D eigenvalue weighted by atomic mass is 16.5. The molecule has 2 aromatic carbocycles. The zero-order valence-electron chi connectivity index (χ0n) is 32.4. The first-order valence-corrected chi connectivity index (χ1v) is 21.1. The number of aliphatic imine (C=N–C) groups is 1. The molecule has 0 amide bonds. The lowest BCUT2D eigenvalue weighted by molar-refractivity contribution is 0.302. The molecule has 5 heteroatoms. The number of phenols is 2. The summed E-state index contributed by atoms with van der Waals surface area (Å²) in [7, 11) is 0. The van der Waals surface area contributed by atoms with Crippen LogP contribution < -0.4 is 9.47 Å². The molecule has 0 fully saturated rings. The number of unbranched alkanes of at least 4 members (excludes halogenated alkanes) is 26. The van der Waals surface area contributed by atoms with Crippen molar-refractivity contribution < 1.29 is 19.7 Å². The van der Waals surface area contributed by atoms with Gasteiger partial charge in [0.2, 0.25) is 0 Å².